The maximum atomic E-state index is 8.91. The van der Waals surface area contributed by atoms with Crippen LogP contribution < -0.4 is 5.73 Å². The van der Waals surface area contributed by atoms with Crippen LogP contribution in [0.5, 0.6) is 0 Å². The molecule has 1 heterocycles. The summed E-state index contributed by atoms with van der Waals surface area (Å²) < 4.78 is 1.92. The molecule has 0 saturated carbocycles. The molecule has 0 bridgehead atoms. The summed E-state index contributed by atoms with van der Waals surface area (Å²) in [7, 11) is 0. The second kappa shape index (κ2) is 4.11. The van der Waals surface area contributed by atoms with Crippen LogP contribution in [-0.2, 0) is 6.54 Å². The minimum Gasteiger partial charge on any atom is -0.399 e. The van der Waals surface area contributed by atoms with Crippen LogP contribution in [-0.4, -0.2) is 4.57 Å². The smallest absolute Gasteiger partial charge is 0.120 e. The maximum Gasteiger partial charge on any atom is 0.120 e. The van der Waals surface area contributed by atoms with Gasteiger partial charge in [0, 0.05) is 18.4 Å². The van der Waals surface area contributed by atoms with Crippen molar-refractivity contribution >= 4 is 5.69 Å². The van der Waals surface area contributed by atoms with E-state index in [4.69, 9.17) is 11.0 Å². The zero-order valence-corrected chi connectivity index (χ0v) is 9.14. The molecule has 0 amide bonds. The van der Waals surface area contributed by atoms with Crippen molar-refractivity contribution in [1.29, 1.82) is 5.26 Å². The molecule has 1 aromatic carbocycles. The van der Waals surface area contributed by atoms with Crippen molar-refractivity contribution in [3.8, 4) is 6.07 Å². The third-order valence-electron chi connectivity index (χ3n) is 2.77. The molecule has 0 aliphatic rings. The zero-order valence-electron chi connectivity index (χ0n) is 9.14. The summed E-state index contributed by atoms with van der Waals surface area (Å²) in [6.07, 6.45) is 1.90. The Bertz CT molecular complexity index is 547. The molecule has 0 fully saturated rings. The fraction of sp³-hybridized carbons (Fsp3) is 0.154. The summed E-state index contributed by atoms with van der Waals surface area (Å²) in [5.74, 6) is 0. The van der Waals surface area contributed by atoms with Crippen molar-refractivity contribution in [3.63, 3.8) is 0 Å². The molecule has 1 aromatic heterocycles. The second-order valence-corrected chi connectivity index (χ2v) is 3.76. The van der Waals surface area contributed by atoms with E-state index in [9.17, 15) is 0 Å². The van der Waals surface area contributed by atoms with Gasteiger partial charge in [-0.05, 0) is 36.2 Å². The molecule has 0 aliphatic carbocycles. The summed E-state index contributed by atoms with van der Waals surface area (Å²) >= 11 is 0. The summed E-state index contributed by atoms with van der Waals surface area (Å²) in [6.45, 7) is 2.69. The van der Waals surface area contributed by atoms with Gasteiger partial charge in [-0.2, -0.15) is 5.26 Å². The van der Waals surface area contributed by atoms with E-state index in [1.165, 1.54) is 0 Å². The number of anilines is 1. The van der Waals surface area contributed by atoms with Crippen molar-refractivity contribution in [1.82, 2.24) is 4.57 Å². The minimum atomic E-state index is 0.668. The Labute approximate surface area is 94.7 Å². The summed E-state index contributed by atoms with van der Waals surface area (Å²) in [6, 6.07) is 11.7. The van der Waals surface area contributed by atoms with Gasteiger partial charge in [-0.3, -0.25) is 0 Å². The molecule has 2 N–H and O–H groups in total. The normalized spacial score (nSPS) is 10.0. The summed E-state index contributed by atoms with van der Waals surface area (Å²) in [5, 5.41) is 8.91. The van der Waals surface area contributed by atoms with Gasteiger partial charge in [0.25, 0.3) is 0 Å². The molecular weight excluding hydrogens is 198 g/mol. The molecule has 3 heteroatoms. The monoisotopic (exact) mass is 211 g/mol. The maximum absolute atomic E-state index is 8.91. The predicted molar refractivity (Wildman–Crippen MR) is 63.8 cm³/mol. The summed E-state index contributed by atoms with van der Waals surface area (Å²) in [4.78, 5) is 0. The van der Waals surface area contributed by atoms with Crippen molar-refractivity contribution < 1.29 is 0 Å². The lowest BCUT2D eigenvalue weighted by atomic mass is 10.1. The number of aromatic nitrogens is 1. The quantitative estimate of drug-likeness (QED) is 0.775. The average molecular weight is 211 g/mol. The van der Waals surface area contributed by atoms with Crippen LogP contribution in [0.1, 0.15) is 16.8 Å². The number of rotatable bonds is 2. The molecule has 16 heavy (non-hydrogen) atoms. The van der Waals surface area contributed by atoms with E-state index >= 15 is 0 Å². The van der Waals surface area contributed by atoms with Crippen LogP contribution in [0.3, 0.4) is 0 Å². The minimum absolute atomic E-state index is 0.668. The molecule has 0 spiro atoms. The van der Waals surface area contributed by atoms with E-state index < -0.39 is 0 Å². The largest absolute Gasteiger partial charge is 0.399 e. The lowest BCUT2D eigenvalue weighted by molar-refractivity contribution is 0.789. The van der Waals surface area contributed by atoms with Crippen LogP contribution in [0, 0.1) is 18.3 Å². The predicted octanol–water partition coefficient (Wildman–Crippen LogP) is 2.30. The van der Waals surface area contributed by atoms with Gasteiger partial charge in [-0.1, -0.05) is 12.1 Å². The Hall–Kier alpha value is -2.21. The van der Waals surface area contributed by atoms with Gasteiger partial charge >= 0.3 is 0 Å². The Balaban J connectivity index is 2.35. The van der Waals surface area contributed by atoms with Gasteiger partial charge in [0.05, 0.1) is 0 Å². The van der Waals surface area contributed by atoms with E-state index in [1.54, 1.807) is 0 Å². The number of hydrogen-bond donors (Lipinski definition) is 1. The van der Waals surface area contributed by atoms with Crippen LogP contribution in [0.2, 0.25) is 0 Å². The highest BCUT2D eigenvalue weighted by Gasteiger charge is 2.04. The van der Waals surface area contributed by atoms with E-state index in [2.05, 4.69) is 6.07 Å². The van der Waals surface area contributed by atoms with Crippen molar-refractivity contribution in [3.05, 3.63) is 53.3 Å². The number of nitrogens with zero attached hydrogens (tertiary/aromatic N) is 2. The Morgan fingerprint density at radius 3 is 2.88 bits per heavy atom. The molecule has 0 saturated heterocycles. The third-order valence-corrected chi connectivity index (χ3v) is 2.77. The van der Waals surface area contributed by atoms with Crippen molar-refractivity contribution in [2.45, 2.75) is 13.5 Å². The first-order valence-corrected chi connectivity index (χ1v) is 5.11. The topological polar surface area (TPSA) is 54.7 Å². The van der Waals surface area contributed by atoms with Crippen molar-refractivity contribution in [2.24, 2.45) is 0 Å². The number of nitriles is 1. The first kappa shape index (κ1) is 10.3. The van der Waals surface area contributed by atoms with E-state index in [-0.39, 0.29) is 0 Å². The molecule has 2 aromatic rings. The lowest BCUT2D eigenvalue weighted by Crippen LogP contribution is -2.03. The van der Waals surface area contributed by atoms with Gasteiger partial charge in [0.1, 0.15) is 11.8 Å². The zero-order chi connectivity index (χ0) is 11.5. The van der Waals surface area contributed by atoms with Gasteiger partial charge in [0.15, 0.2) is 0 Å². The van der Waals surface area contributed by atoms with Gasteiger partial charge < -0.3 is 10.3 Å². The molecule has 0 unspecified atom stereocenters. The van der Waals surface area contributed by atoms with Crippen LogP contribution in [0.4, 0.5) is 5.69 Å². The third kappa shape index (κ3) is 1.78. The fourth-order valence-electron chi connectivity index (χ4n) is 1.71. The van der Waals surface area contributed by atoms with Crippen LogP contribution in [0.15, 0.2) is 36.5 Å². The molecule has 3 nitrogen and oxygen atoms in total. The van der Waals surface area contributed by atoms with E-state index in [1.807, 2.05) is 48.0 Å². The van der Waals surface area contributed by atoms with Gasteiger partial charge in [0.2, 0.25) is 0 Å². The fourth-order valence-corrected chi connectivity index (χ4v) is 1.71. The molecule has 0 aliphatic heterocycles. The number of benzene rings is 1. The van der Waals surface area contributed by atoms with Crippen LogP contribution >= 0.6 is 0 Å². The number of hydrogen-bond acceptors (Lipinski definition) is 2. The summed E-state index contributed by atoms with van der Waals surface area (Å²) in [5.41, 5.74) is 9.54. The first-order chi connectivity index (χ1) is 7.72. The van der Waals surface area contributed by atoms with E-state index in [0.29, 0.717) is 12.2 Å². The highest BCUT2D eigenvalue weighted by Crippen LogP contribution is 2.17. The Morgan fingerprint density at radius 2 is 2.12 bits per heavy atom. The van der Waals surface area contributed by atoms with E-state index in [0.717, 1.165) is 16.8 Å². The Morgan fingerprint density at radius 1 is 1.31 bits per heavy atom. The average Bonchev–Trinajstić information content (AvgIpc) is 2.72. The number of nitrogen functional groups attached to an aromatic ring is 1. The van der Waals surface area contributed by atoms with Crippen molar-refractivity contribution in [2.75, 3.05) is 5.73 Å². The molecule has 80 valence electrons. The Kier molecular flexibility index (Phi) is 2.65. The van der Waals surface area contributed by atoms with Gasteiger partial charge in [-0.15, -0.1) is 0 Å². The standard InChI is InChI=1S/C13H13N3/c1-10-11(4-2-6-13(10)15)9-16-7-3-5-12(16)8-14/h2-7H,9,15H2,1H3. The number of nitrogens with two attached hydrogens (primary N) is 1. The lowest BCUT2D eigenvalue weighted by Gasteiger charge is -2.10. The van der Waals surface area contributed by atoms with Gasteiger partial charge in [-0.25, -0.2) is 0 Å². The molecular formula is C13H13N3. The second-order valence-electron chi connectivity index (χ2n) is 3.76. The SMILES string of the molecule is Cc1c(N)cccc1Cn1cccc1C#N. The highest BCUT2D eigenvalue weighted by atomic mass is 15.0. The van der Waals surface area contributed by atoms with Crippen LogP contribution in [0.25, 0.3) is 0 Å². The molecule has 0 radical (unpaired) electrons. The highest BCUT2D eigenvalue weighted by molar-refractivity contribution is 5.50. The molecule has 0 atom stereocenters. The first-order valence-electron chi connectivity index (χ1n) is 5.11. The molecule has 2 rings (SSSR count).